The molecule has 4 amide bonds. The minimum atomic E-state index is -4.51. The Bertz CT molecular complexity index is 1720. The normalized spacial score (nSPS) is 13.2. The van der Waals surface area contributed by atoms with Crippen molar-refractivity contribution in [3.05, 3.63) is 125 Å². The number of hydrogen-bond donors (Lipinski definition) is 2. The summed E-state index contributed by atoms with van der Waals surface area (Å²) >= 11 is 0. The Labute approximate surface area is 267 Å². The first-order chi connectivity index (χ1) is 22.4. The molecule has 0 atom stereocenters. The molecule has 2 N–H and O–H groups in total. The average molecular weight is 652 g/mol. The maximum absolute atomic E-state index is 13.8. The fraction of sp³-hybridized carbons (Fsp3) is 0.206. The fourth-order valence-corrected chi connectivity index (χ4v) is 5.09. The van der Waals surface area contributed by atoms with Crippen LogP contribution in [0.15, 0.2) is 97.1 Å². The number of hydrogen-bond acceptors (Lipinski definition) is 4. The Balaban J connectivity index is 1.16. The molecular formula is C34H30F5N5O3. The van der Waals surface area contributed by atoms with Gasteiger partial charge >= 0.3 is 12.2 Å². The van der Waals surface area contributed by atoms with Gasteiger partial charge < -0.3 is 25.3 Å². The summed E-state index contributed by atoms with van der Waals surface area (Å²) in [4.78, 5) is 43.7. The van der Waals surface area contributed by atoms with Gasteiger partial charge in [-0.1, -0.05) is 24.3 Å². The van der Waals surface area contributed by atoms with Gasteiger partial charge in [-0.25, -0.2) is 13.6 Å². The van der Waals surface area contributed by atoms with Crippen LogP contribution in [0, 0.1) is 11.6 Å². The van der Waals surface area contributed by atoms with Crippen molar-refractivity contribution in [2.24, 2.45) is 0 Å². The van der Waals surface area contributed by atoms with Gasteiger partial charge in [0, 0.05) is 55.3 Å². The number of halogens is 5. The van der Waals surface area contributed by atoms with Crippen LogP contribution in [-0.2, 0) is 17.5 Å². The van der Waals surface area contributed by atoms with Gasteiger partial charge in [0.05, 0.1) is 5.56 Å². The van der Waals surface area contributed by atoms with Crippen LogP contribution in [-0.4, -0.2) is 60.4 Å². The lowest BCUT2D eigenvalue weighted by Gasteiger charge is -2.36. The molecule has 0 spiro atoms. The van der Waals surface area contributed by atoms with Gasteiger partial charge in [0.1, 0.15) is 18.2 Å². The van der Waals surface area contributed by atoms with E-state index in [0.29, 0.717) is 37.4 Å². The minimum absolute atomic E-state index is 0.00801. The van der Waals surface area contributed by atoms with Crippen molar-refractivity contribution >= 4 is 34.9 Å². The van der Waals surface area contributed by atoms with Crippen LogP contribution in [0.4, 0.5) is 43.8 Å². The van der Waals surface area contributed by atoms with E-state index < -0.39 is 41.2 Å². The fourth-order valence-electron chi connectivity index (χ4n) is 5.09. The van der Waals surface area contributed by atoms with Crippen molar-refractivity contribution in [2.45, 2.75) is 12.7 Å². The second-order valence-electron chi connectivity index (χ2n) is 10.9. The summed E-state index contributed by atoms with van der Waals surface area (Å²) in [5.41, 5.74) is 1.17. The number of anilines is 3. The van der Waals surface area contributed by atoms with Crippen LogP contribution >= 0.6 is 0 Å². The largest absolute Gasteiger partial charge is 0.416 e. The number of amides is 4. The van der Waals surface area contributed by atoms with Crippen LogP contribution < -0.4 is 15.5 Å². The summed E-state index contributed by atoms with van der Waals surface area (Å²) in [6.07, 6.45) is -4.51. The number of rotatable bonds is 8. The number of carbonyl (C=O) groups excluding carboxylic acids is 3. The topological polar surface area (TPSA) is 85.0 Å². The lowest BCUT2D eigenvalue weighted by Crippen LogP contribution is -2.50. The van der Waals surface area contributed by atoms with Crippen molar-refractivity contribution in [3.63, 3.8) is 0 Å². The molecule has 47 heavy (non-hydrogen) atoms. The molecule has 0 radical (unpaired) electrons. The monoisotopic (exact) mass is 651 g/mol. The van der Waals surface area contributed by atoms with E-state index in [0.717, 1.165) is 23.9 Å². The Morgan fingerprint density at radius 3 is 2.06 bits per heavy atom. The summed E-state index contributed by atoms with van der Waals surface area (Å²) in [6.45, 7) is 1.27. The van der Waals surface area contributed by atoms with E-state index in [1.165, 1.54) is 64.4 Å². The zero-order valence-corrected chi connectivity index (χ0v) is 24.9. The molecule has 1 aliphatic heterocycles. The summed E-state index contributed by atoms with van der Waals surface area (Å²) in [7, 11) is 0. The number of nitrogens with one attached hydrogen (secondary N) is 2. The Morgan fingerprint density at radius 1 is 0.723 bits per heavy atom. The maximum atomic E-state index is 13.8. The van der Waals surface area contributed by atoms with Crippen LogP contribution in [0.5, 0.6) is 0 Å². The van der Waals surface area contributed by atoms with E-state index in [1.807, 2.05) is 4.90 Å². The number of alkyl halides is 3. The summed E-state index contributed by atoms with van der Waals surface area (Å²) in [5.74, 6) is -2.10. The molecule has 5 rings (SSSR count). The van der Waals surface area contributed by atoms with Crippen molar-refractivity contribution < 1.29 is 36.3 Å². The predicted molar refractivity (Wildman–Crippen MR) is 167 cm³/mol. The van der Waals surface area contributed by atoms with E-state index in [2.05, 4.69) is 10.6 Å². The summed E-state index contributed by atoms with van der Waals surface area (Å²) in [6, 6.07) is 21.6. The van der Waals surface area contributed by atoms with Gasteiger partial charge in [-0.2, -0.15) is 13.2 Å². The molecule has 1 aliphatic rings. The second kappa shape index (κ2) is 14.3. The molecule has 0 bridgehead atoms. The third-order valence-corrected chi connectivity index (χ3v) is 7.50. The van der Waals surface area contributed by atoms with E-state index >= 15 is 0 Å². The standard InChI is InChI=1S/C34H30F5N5O3/c35-26-9-7-23(8-10-26)21-44(32(46)24-3-1-5-27(36)19-24)22-31(45)40-28-11-13-30(14-12-28)42-15-17-43(18-16-42)33(47)41-29-6-2-4-25(20-29)34(37,38)39/h1-14,19-20H,15-18,21-22H2,(H,40,45)(H,41,47). The van der Waals surface area contributed by atoms with Gasteiger partial charge in [-0.3, -0.25) is 9.59 Å². The molecule has 8 nitrogen and oxygen atoms in total. The molecule has 0 aromatic heterocycles. The second-order valence-corrected chi connectivity index (χ2v) is 10.9. The molecule has 4 aromatic rings. The van der Waals surface area contributed by atoms with E-state index in [9.17, 15) is 36.3 Å². The molecule has 1 fully saturated rings. The van der Waals surface area contributed by atoms with Gasteiger partial charge in [0.2, 0.25) is 5.91 Å². The average Bonchev–Trinajstić information content (AvgIpc) is 3.05. The third-order valence-electron chi connectivity index (χ3n) is 7.50. The van der Waals surface area contributed by atoms with Crippen LogP contribution in [0.1, 0.15) is 21.5 Å². The highest BCUT2D eigenvalue weighted by molar-refractivity contribution is 5.99. The highest BCUT2D eigenvalue weighted by atomic mass is 19.4. The number of benzene rings is 4. The lowest BCUT2D eigenvalue weighted by molar-refractivity contribution is -0.137. The number of carbonyl (C=O) groups is 3. The number of urea groups is 1. The minimum Gasteiger partial charge on any atom is -0.368 e. The van der Waals surface area contributed by atoms with Crippen LogP contribution in [0.3, 0.4) is 0 Å². The SMILES string of the molecule is O=C(CN(Cc1ccc(F)cc1)C(=O)c1cccc(F)c1)Nc1ccc(N2CCN(C(=O)Nc3cccc(C(F)(F)F)c3)CC2)cc1. The number of nitrogens with zero attached hydrogens (tertiary/aromatic N) is 3. The molecule has 244 valence electrons. The summed E-state index contributed by atoms with van der Waals surface area (Å²) in [5, 5.41) is 5.28. The molecule has 0 saturated carbocycles. The van der Waals surface area contributed by atoms with Crippen molar-refractivity contribution in [3.8, 4) is 0 Å². The highest BCUT2D eigenvalue weighted by Crippen LogP contribution is 2.31. The van der Waals surface area contributed by atoms with Gasteiger partial charge in [-0.05, 0) is 78.4 Å². The molecular weight excluding hydrogens is 621 g/mol. The quantitative estimate of drug-likeness (QED) is 0.210. The Hall–Kier alpha value is -5.46. The zero-order valence-electron chi connectivity index (χ0n) is 24.9. The first-order valence-corrected chi connectivity index (χ1v) is 14.6. The summed E-state index contributed by atoms with van der Waals surface area (Å²) < 4.78 is 66.2. The van der Waals surface area contributed by atoms with Gasteiger partial charge in [-0.15, -0.1) is 0 Å². The molecule has 0 aliphatic carbocycles. The number of piperazine rings is 1. The highest BCUT2D eigenvalue weighted by Gasteiger charge is 2.31. The molecule has 1 saturated heterocycles. The first kappa shape index (κ1) is 32.9. The molecule has 13 heteroatoms. The molecule has 0 unspecified atom stereocenters. The van der Waals surface area contributed by atoms with Gasteiger partial charge in [0.25, 0.3) is 5.91 Å². The lowest BCUT2D eigenvalue weighted by atomic mass is 10.1. The smallest absolute Gasteiger partial charge is 0.368 e. The van der Waals surface area contributed by atoms with Crippen LogP contribution in [0.25, 0.3) is 0 Å². The molecule has 4 aromatic carbocycles. The maximum Gasteiger partial charge on any atom is 0.416 e. The van der Waals surface area contributed by atoms with Gasteiger partial charge in [0.15, 0.2) is 0 Å². The van der Waals surface area contributed by atoms with Crippen molar-refractivity contribution in [2.75, 3.05) is 48.3 Å². The van der Waals surface area contributed by atoms with Crippen molar-refractivity contribution in [1.29, 1.82) is 0 Å². The van der Waals surface area contributed by atoms with E-state index in [4.69, 9.17) is 0 Å². The Kier molecular flexibility index (Phi) is 10.0. The zero-order chi connectivity index (χ0) is 33.6. The van der Waals surface area contributed by atoms with E-state index in [1.54, 1.807) is 24.3 Å². The van der Waals surface area contributed by atoms with Crippen molar-refractivity contribution in [1.82, 2.24) is 9.80 Å². The Morgan fingerprint density at radius 2 is 1.40 bits per heavy atom. The first-order valence-electron chi connectivity index (χ1n) is 14.6. The third kappa shape index (κ3) is 8.84. The molecule has 1 heterocycles. The van der Waals surface area contributed by atoms with E-state index in [-0.39, 0.29) is 24.3 Å². The predicted octanol–water partition coefficient (Wildman–Crippen LogP) is 6.62. The van der Waals surface area contributed by atoms with Crippen LogP contribution in [0.2, 0.25) is 0 Å².